The number of nitrogens with one attached hydrogen (secondary N) is 2. The van der Waals surface area contributed by atoms with Crippen molar-refractivity contribution in [1.82, 2.24) is 20.4 Å². The van der Waals surface area contributed by atoms with Gasteiger partial charge in [-0.3, -0.25) is 4.79 Å². The number of amides is 1. The van der Waals surface area contributed by atoms with Crippen LogP contribution >= 0.6 is 0 Å². The Bertz CT molecular complexity index is 1000. The van der Waals surface area contributed by atoms with Crippen molar-refractivity contribution in [1.29, 1.82) is 0 Å². The van der Waals surface area contributed by atoms with E-state index in [-0.39, 0.29) is 11.3 Å². The molecule has 0 atom stereocenters. The minimum Gasteiger partial charge on any atom is -0.351 e. The van der Waals surface area contributed by atoms with Crippen LogP contribution in [0, 0.1) is 6.92 Å². The monoisotopic (exact) mass is 380 g/mol. The highest BCUT2D eigenvalue weighted by atomic mass is 16.5. The van der Waals surface area contributed by atoms with E-state index in [2.05, 4.69) is 59.4 Å². The number of benzene rings is 1. The summed E-state index contributed by atoms with van der Waals surface area (Å²) in [6.45, 7) is 8.33. The number of hydrogen-bond acceptors (Lipinski definition) is 4. The number of carbonyl (C=O) groups is 1. The number of carbonyl (C=O) groups excluding carboxylic acids is 1. The summed E-state index contributed by atoms with van der Waals surface area (Å²) >= 11 is 0. The molecule has 0 unspecified atom stereocenters. The molecule has 1 saturated carbocycles. The number of H-pyrrole nitrogens is 1. The summed E-state index contributed by atoms with van der Waals surface area (Å²) in [5, 5.41) is 8.39. The van der Waals surface area contributed by atoms with Gasteiger partial charge in [-0.25, -0.2) is 0 Å². The summed E-state index contributed by atoms with van der Waals surface area (Å²) in [5.74, 6) is 0.983. The number of nitrogens with zero attached hydrogens (tertiary/aromatic N) is 2. The lowest BCUT2D eigenvalue weighted by molar-refractivity contribution is 0.0851. The predicted octanol–water partition coefficient (Wildman–Crippen LogP) is 4.75. The van der Waals surface area contributed by atoms with Gasteiger partial charge in [0.15, 0.2) is 5.82 Å². The number of rotatable bonds is 3. The van der Waals surface area contributed by atoms with Crippen molar-refractivity contribution in [2.24, 2.45) is 0 Å². The minimum absolute atomic E-state index is 0.0599. The van der Waals surface area contributed by atoms with Gasteiger partial charge in [0, 0.05) is 17.8 Å². The van der Waals surface area contributed by atoms with E-state index in [1.807, 2.05) is 6.07 Å². The van der Waals surface area contributed by atoms with Gasteiger partial charge in [0.25, 0.3) is 5.91 Å². The maximum absolute atomic E-state index is 13.1. The molecule has 1 aromatic carbocycles. The number of aromatic nitrogens is 3. The summed E-state index contributed by atoms with van der Waals surface area (Å²) in [7, 11) is 0. The first-order valence-corrected chi connectivity index (χ1v) is 10.0. The molecule has 0 aliphatic heterocycles. The van der Waals surface area contributed by atoms with E-state index in [0.717, 1.165) is 43.0 Å². The van der Waals surface area contributed by atoms with E-state index in [9.17, 15) is 4.79 Å². The fourth-order valence-electron chi connectivity index (χ4n) is 4.05. The zero-order valence-electron chi connectivity index (χ0n) is 17.1. The SMILES string of the molecule is Cc1nc(C2(NC(=O)c3cc4ccc(C(C)(C)C)cc4[nH]3)CCCCC2)no1. The molecule has 6 heteroatoms. The molecule has 1 amide bonds. The topological polar surface area (TPSA) is 83.8 Å². The summed E-state index contributed by atoms with van der Waals surface area (Å²) < 4.78 is 5.20. The number of hydrogen-bond donors (Lipinski definition) is 2. The molecule has 0 spiro atoms. The Balaban J connectivity index is 1.64. The lowest BCUT2D eigenvalue weighted by Gasteiger charge is -2.35. The van der Waals surface area contributed by atoms with Gasteiger partial charge >= 0.3 is 0 Å². The zero-order chi connectivity index (χ0) is 19.9. The Labute approximate surface area is 165 Å². The third-order valence-electron chi connectivity index (χ3n) is 5.75. The highest BCUT2D eigenvalue weighted by Crippen LogP contribution is 2.36. The molecule has 2 aromatic heterocycles. The second-order valence-electron chi connectivity index (χ2n) is 8.97. The van der Waals surface area contributed by atoms with Crippen LogP contribution in [0.3, 0.4) is 0 Å². The summed E-state index contributed by atoms with van der Waals surface area (Å²) in [4.78, 5) is 20.8. The van der Waals surface area contributed by atoms with Crippen molar-refractivity contribution < 1.29 is 9.32 Å². The molecular weight excluding hydrogens is 352 g/mol. The molecule has 1 fully saturated rings. The van der Waals surface area contributed by atoms with Crippen LogP contribution in [0.2, 0.25) is 0 Å². The Morgan fingerprint density at radius 1 is 1.18 bits per heavy atom. The maximum atomic E-state index is 13.1. The highest BCUT2D eigenvalue weighted by Gasteiger charge is 2.40. The average molecular weight is 380 g/mol. The molecule has 0 saturated heterocycles. The summed E-state index contributed by atoms with van der Waals surface area (Å²) in [6.07, 6.45) is 4.89. The van der Waals surface area contributed by atoms with Crippen molar-refractivity contribution in [2.45, 2.75) is 70.8 Å². The van der Waals surface area contributed by atoms with E-state index in [4.69, 9.17) is 4.52 Å². The first-order chi connectivity index (χ1) is 13.3. The molecular formula is C22H28N4O2. The van der Waals surface area contributed by atoms with E-state index in [1.165, 1.54) is 5.56 Å². The van der Waals surface area contributed by atoms with Crippen LogP contribution in [0.5, 0.6) is 0 Å². The fourth-order valence-corrected chi connectivity index (χ4v) is 4.05. The van der Waals surface area contributed by atoms with Crippen LogP contribution in [0.25, 0.3) is 10.9 Å². The zero-order valence-corrected chi connectivity index (χ0v) is 17.1. The van der Waals surface area contributed by atoms with Crippen molar-refractivity contribution in [3.05, 3.63) is 47.2 Å². The van der Waals surface area contributed by atoms with Crippen molar-refractivity contribution >= 4 is 16.8 Å². The van der Waals surface area contributed by atoms with Crippen LogP contribution in [0.4, 0.5) is 0 Å². The van der Waals surface area contributed by atoms with Crippen molar-refractivity contribution in [3.63, 3.8) is 0 Å². The number of aryl methyl sites for hydroxylation is 1. The summed E-state index contributed by atoms with van der Waals surface area (Å²) in [6, 6.07) is 8.24. The lowest BCUT2D eigenvalue weighted by Crippen LogP contribution is -2.48. The second-order valence-corrected chi connectivity index (χ2v) is 8.97. The molecule has 2 heterocycles. The molecule has 148 valence electrons. The molecule has 28 heavy (non-hydrogen) atoms. The number of aromatic amines is 1. The fraction of sp³-hybridized carbons (Fsp3) is 0.500. The van der Waals surface area contributed by atoms with E-state index < -0.39 is 5.54 Å². The quantitative estimate of drug-likeness (QED) is 0.687. The average Bonchev–Trinajstić information content (AvgIpc) is 3.27. The number of fused-ring (bicyclic) bond motifs is 1. The molecule has 1 aliphatic rings. The summed E-state index contributed by atoms with van der Waals surface area (Å²) in [5.41, 5.74) is 2.28. The molecule has 0 bridgehead atoms. The Morgan fingerprint density at radius 3 is 2.57 bits per heavy atom. The van der Waals surface area contributed by atoms with E-state index >= 15 is 0 Å². The van der Waals surface area contributed by atoms with Crippen LogP contribution in [-0.2, 0) is 11.0 Å². The van der Waals surface area contributed by atoms with Gasteiger partial charge in [-0.05, 0) is 36.0 Å². The van der Waals surface area contributed by atoms with Crippen LogP contribution < -0.4 is 5.32 Å². The maximum Gasteiger partial charge on any atom is 0.268 e. The largest absolute Gasteiger partial charge is 0.351 e. The molecule has 0 radical (unpaired) electrons. The third-order valence-corrected chi connectivity index (χ3v) is 5.75. The Hall–Kier alpha value is -2.63. The van der Waals surface area contributed by atoms with Crippen LogP contribution in [-0.4, -0.2) is 21.0 Å². The first-order valence-electron chi connectivity index (χ1n) is 10.0. The standard InChI is InChI=1S/C22H28N4O2/c1-14-23-20(26-28-14)22(10-6-5-7-11-22)25-19(27)18-12-15-8-9-16(21(2,3)4)13-17(15)24-18/h8-9,12-13,24H,5-7,10-11H2,1-4H3,(H,25,27). The van der Waals surface area contributed by atoms with Gasteiger partial charge in [0.05, 0.1) is 0 Å². The van der Waals surface area contributed by atoms with Gasteiger partial charge < -0.3 is 14.8 Å². The van der Waals surface area contributed by atoms with Gasteiger partial charge in [-0.2, -0.15) is 4.98 Å². The molecule has 1 aliphatic carbocycles. The lowest BCUT2D eigenvalue weighted by atomic mass is 9.81. The van der Waals surface area contributed by atoms with Gasteiger partial charge in [0.2, 0.25) is 5.89 Å². The van der Waals surface area contributed by atoms with Gasteiger partial charge in [-0.15, -0.1) is 0 Å². The van der Waals surface area contributed by atoms with Crippen LogP contribution in [0.15, 0.2) is 28.8 Å². The highest BCUT2D eigenvalue weighted by molar-refractivity contribution is 5.98. The van der Waals surface area contributed by atoms with Gasteiger partial charge in [-0.1, -0.05) is 57.3 Å². The van der Waals surface area contributed by atoms with Gasteiger partial charge in [0.1, 0.15) is 11.2 Å². The normalized spacial score (nSPS) is 17.0. The van der Waals surface area contributed by atoms with Crippen molar-refractivity contribution in [2.75, 3.05) is 0 Å². The minimum atomic E-state index is -0.555. The van der Waals surface area contributed by atoms with E-state index in [0.29, 0.717) is 17.4 Å². The predicted molar refractivity (Wildman–Crippen MR) is 108 cm³/mol. The molecule has 6 nitrogen and oxygen atoms in total. The third kappa shape index (κ3) is 3.43. The molecule has 3 aromatic rings. The first kappa shape index (κ1) is 18.7. The molecule has 4 rings (SSSR count). The van der Waals surface area contributed by atoms with Crippen LogP contribution in [0.1, 0.15) is 80.6 Å². The Morgan fingerprint density at radius 2 is 1.93 bits per heavy atom. The Kier molecular flexibility index (Phi) is 4.52. The second kappa shape index (κ2) is 6.76. The van der Waals surface area contributed by atoms with E-state index in [1.54, 1.807) is 6.92 Å². The smallest absolute Gasteiger partial charge is 0.268 e. The van der Waals surface area contributed by atoms with Crippen molar-refractivity contribution in [3.8, 4) is 0 Å². The molecule has 2 N–H and O–H groups in total.